The van der Waals surface area contributed by atoms with Crippen LogP contribution in [0.5, 0.6) is 5.75 Å². The number of amides is 1. The number of carbonyl (C=O) groups excluding carboxylic acids is 2. The lowest BCUT2D eigenvalue weighted by Crippen LogP contribution is -2.33. The molecule has 0 radical (unpaired) electrons. The summed E-state index contributed by atoms with van der Waals surface area (Å²) in [6, 6.07) is 14.5. The molecule has 2 aromatic carbocycles. The topological polar surface area (TPSA) is 118 Å². The fraction of sp³-hybridized carbons (Fsp3) is 0.400. The van der Waals surface area contributed by atoms with Crippen molar-refractivity contribution in [1.29, 1.82) is 0 Å². The fourth-order valence-corrected chi connectivity index (χ4v) is 3.47. The zero-order chi connectivity index (χ0) is 31.0. The minimum absolute atomic E-state index is 0.213. The van der Waals surface area contributed by atoms with Gasteiger partial charge in [0.2, 0.25) is 0 Å². The van der Waals surface area contributed by atoms with Crippen LogP contribution in [0.3, 0.4) is 0 Å². The van der Waals surface area contributed by atoms with Crippen molar-refractivity contribution in [2.45, 2.75) is 65.0 Å². The zero-order valence-corrected chi connectivity index (χ0v) is 25.5. The number of esters is 1. The van der Waals surface area contributed by atoms with E-state index >= 15 is 0 Å². The first-order valence-corrected chi connectivity index (χ1v) is 14.3. The predicted octanol–water partition coefficient (Wildman–Crippen LogP) is 6.81. The van der Waals surface area contributed by atoms with Crippen molar-refractivity contribution < 1.29 is 37.0 Å². The van der Waals surface area contributed by atoms with Gasteiger partial charge in [-0.1, -0.05) is 38.5 Å². The Morgan fingerprint density at radius 2 is 1.71 bits per heavy atom. The van der Waals surface area contributed by atoms with Gasteiger partial charge >= 0.3 is 12.1 Å². The standard InChI is InChI=1S/C17H21FN2O2.C10H12O5S.C3H8/c1-17(2,3)22-16(21)20(4)11-12-9-15(19-10-12)13-7-5-6-8-14(13)18;1-2-14-10(11)7-15-8-4-3-5-9(6-8)16(12)13;1-3-2/h5-10,19H,11H2,1-4H3;3-6H,2,7H2,1H3,(H,12,13);3H2,1-2H3. The van der Waals surface area contributed by atoms with Crippen molar-refractivity contribution >= 4 is 23.1 Å². The van der Waals surface area contributed by atoms with Gasteiger partial charge in [-0.05, 0) is 69.7 Å². The van der Waals surface area contributed by atoms with Gasteiger partial charge in [-0.2, -0.15) is 0 Å². The van der Waals surface area contributed by atoms with E-state index in [1.807, 2.05) is 26.8 Å². The second-order valence-corrected chi connectivity index (χ2v) is 10.7. The SMILES string of the molecule is CCC.CCOC(=O)COc1cccc(S(=O)O)c1.CN(Cc1c[nH]c(-c2ccccc2F)c1)C(=O)OC(C)(C)C. The van der Waals surface area contributed by atoms with Crippen LogP contribution >= 0.6 is 0 Å². The fourth-order valence-electron chi connectivity index (χ4n) is 3.06. The van der Waals surface area contributed by atoms with E-state index in [-0.39, 0.29) is 23.4 Å². The molecular weight excluding hydrogens is 551 g/mol. The quantitative estimate of drug-likeness (QED) is 0.218. The van der Waals surface area contributed by atoms with Gasteiger partial charge in [0, 0.05) is 24.5 Å². The first-order valence-electron chi connectivity index (χ1n) is 13.2. The summed E-state index contributed by atoms with van der Waals surface area (Å²) in [6.07, 6.45) is 2.63. The van der Waals surface area contributed by atoms with E-state index in [9.17, 15) is 18.2 Å². The van der Waals surface area contributed by atoms with Gasteiger partial charge < -0.3 is 28.6 Å². The summed E-state index contributed by atoms with van der Waals surface area (Å²) in [5.74, 6) is -0.401. The molecule has 0 fully saturated rings. The molecule has 1 atom stereocenters. The number of benzene rings is 2. The van der Waals surface area contributed by atoms with Gasteiger partial charge in [0.05, 0.1) is 18.0 Å². The Balaban J connectivity index is 0.000000390. The van der Waals surface area contributed by atoms with Crippen LogP contribution in [0.25, 0.3) is 11.3 Å². The van der Waals surface area contributed by atoms with E-state index in [1.165, 1.54) is 29.5 Å². The van der Waals surface area contributed by atoms with E-state index in [0.29, 0.717) is 30.2 Å². The minimum atomic E-state index is -2.05. The molecule has 41 heavy (non-hydrogen) atoms. The normalized spacial score (nSPS) is 11.1. The van der Waals surface area contributed by atoms with Crippen LogP contribution < -0.4 is 4.74 Å². The Kier molecular flexibility index (Phi) is 15.4. The third-order valence-electron chi connectivity index (χ3n) is 4.70. The highest BCUT2D eigenvalue weighted by Crippen LogP contribution is 2.23. The summed E-state index contributed by atoms with van der Waals surface area (Å²) in [6.45, 7) is 11.9. The maximum Gasteiger partial charge on any atom is 0.410 e. The molecule has 0 spiro atoms. The van der Waals surface area contributed by atoms with E-state index < -0.39 is 22.7 Å². The summed E-state index contributed by atoms with van der Waals surface area (Å²) in [4.78, 5) is 27.7. The molecule has 0 aliphatic rings. The highest BCUT2D eigenvalue weighted by molar-refractivity contribution is 7.79. The molecule has 3 rings (SSSR count). The summed E-state index contributed by atoms with van der Waals surface area (Å²) in [5, 5.41) is 0. The van der Waals surface area contributed by atoms with E-state index in [4.69, 9.17) is 14.0 Å². The molecule has 0 aliphatic carbocycles. The van der Waals surface area contributed by atoms with Gasteiger partial charge in [0.25, 0.3) is 0 Å². The van der Waals surface area contributed by atoms with Crippen molar-refractivity contribution in [1.82, 2.24) is 9.88 Å². The Labute approximate surface area is 244 Å². The number of rotatable bonds is 8. The second-order valence-electron chi connectivity index (χ2n) is 9.76. The number of nitrogens with zero attached hydrogens (tertiary/aromatic N) is 1. The van der Waals surface area contributed by atoms with Crippen LogP contribution in [0, 0.1) is 5.82 Å². The van der Waals surface area contributed by atoms with Gasteiger partial charge in [-0.15, -0.1) is 0 Å². The number of H-pyrrole nitrogens is 1. The van der Waals surface area contributed by atoms with Crippen molar-refractivity contribution in [3.63, 3.8) is 0 Å². The number of ether oxygens (including phenoxy) is 3. The lowest BCUT2D eigenvalue weighted by Gasteiger charge is -2.24. The van der Waals surface area contributed by atoms with Gasteiger partial charge in [0.15, 0.2) is 17.7 Å². The van der Waals surface area contributed by atoms with Crippen molar-refractivity contribution in [3.8, 4) is 17.0 Å². The molecule has 0 bridgehead atoms. The lowest BCUT2D eigenvalue weighted by molar-refractivity contribution is -0.145. The number of hydrogen-bond donors (Lipinski definition) is 2. The molecular formula is C30H41FN2O7S. The van der Waals surface area contributed by atoms with E-state index in [0.717, 1.165) is 5.56 Å². The highest BCUT2D eigenvalue weighted by atomic mass is 32.2. The first kappa shape index (κ1) is 35.3. The molecule has 0 aliphatic heterocycles. The Morgan fingerprint density at radius 3 is 2.29 bits per heavy atom. The molecule has 3 aromatic rings. The maximum absolute atomic E-state index is 13.8. The summed E-state index contributed by atoms with van der Waals surface area (Å²) in [5.41, 5.74) is 1.55. The largest absolute Gasteiger partial charge is 0.482 e. The first-order chi connectivity index (χ1) is 19.3. The predicted molar refractivity (Wildman–Crippen MR) is 157 cm³/mol. The number of hydrogen-bond acceptors (Lipinski definition) is 6. The second kappa shape index (κ2) is 17.9. The highest BCUT2D eigenvalue weighted by Gasteiger charge is 2.20. The van der Waals surface area contributed by atoms with Gasteiger partial charge in [0.1, 0.15) is 17.2 Å². The molecule has 0 saturated heterocycles. The maximum atomic E-state index is 13.8. The summed E-state index contributed by atoms with van der Waals surface area (Å²) >= 11 is -2.05. The molecule has 1 unspecified atom stereocenters. The molecule has 226 valence electrons. The molecule has 1 aromatic heterocycles. The number of nitrogens with one attached hydrogen (secondary N) is 1. The minimum Gasteiger partial charge on any atom is -0.482 e. The molecule has 0 saturated carbocycles. The van der Waals surface area contributed by atoms with Crippen LogP contribution in [0.4, 0.5) is 9.18 Å². The monoisotopic (exact) mass is 592 g/mol. The van der Waals surface area contributed by atoms with Crippen LogP contribution in [0.2, 0.25) is 0 Å². The van der Waals surface area contributed by atoms with Crippen LogP contribution in [0.1, 0.15) is 53.5 Å². The molecule has 1 amide bonds. The Hall–Kier alpha value is -3.70. The Morgan fingerprint density at radius 1 is 1.05 bits per heavy atom. The summed E-state index contributed by atoms with van der Waals surface area (Å²) < 4.78 is 48.4. The van der Waals surface area contributed by atoms with Crippen LogP contribution in [-0.4, -0.2) is 56.6 Å². The average molecular weight is 593 g/mol. The molecule has 2 N–H and O–H groups in total. The third kappa shape index (κ3) is 14.0. The average Bonchev–Trinajstić information content (AvgIpc) is 3.36. The van der Waals surface area contributed by atoms with Crippen LogP contribution in [0.15, 0.2) is 65.7 Å². The van der Waals surface area contributed by atoms with Crippen molar-refractivity contribution in [2.75, 3.05) is 20.3 Å². The van der Waals surface area contributed by atoms with E-state index in [2.05, 4.69) is 23.6 Å². The smallest absolute Gasteiger partial charge is 0.410 e. The van der Waals surface area contributed by atoms with Gasteiger partial charge in [-0.3, -0.25) is 0 Å². The van der Waals surface area contributed by atoms with Crippen LogP contribution in [-0.2, 0) is 31.9 Å². The number of aromatic nitrogens is 1. The number of aromatic amines is 1. The zero-order valence-electron chi connectivity index (χ0n) is 24.7. The number of carbonyl (C=O) groups is 2. The van der Waals surface area contributed by atoms with Crippen molar-refractivity contribution in [2.24, 2.45) is 0 Å². The molecule has 9 nitrogen and oxygen atoms in total. The van der Waals surface area contributed by atoms with Crippen molar-refractivity contribution in [3.05, 3.63) is 72.2 Å². The molecule has 11 heteroatoms. The van der Waals surface area contributed by atoms with E-state index in [1.54, 1.807) is 50.5 Å². The summed E-state index contributed by atoms with van der Waals surface area (Å²) in [7, 11) is 1.67. The van der Waals surface area contributed by atoms with Gasteiger partial charge in [-0.25, -0.2) is 18.2 Å². The molecule has 1 heterocycles. The lowest BCUT2D eigenvalue weighted by atomic mass is 10.1. The third-order valence-corrected chi connectivity index (χ3v) is 5.36. The Bertz CT molecular complexity index is 1260. The number of halogens is 1.